The van der Waals surface area contributed by atoms with E-state index in [0.717, 1.165) is 31.4 Å². The largest absolute Gasteiger partial charge is 0.494 e. The van der Waals surface area contributed by atoms with Crippen LogP contribution in [0.4, 0.5) is 0 Å². The molecule has 3 N–H and O–H groups in total. The number of hydrazine groups is 1. The summed E-state index contributed by atoms with van der Waals surface area (Å²) in [6.07, 6.45) is 4.40. The van der Waals surface area contributed by atoms with Crippen LogP contribution >= 0.6 is 0 Å². The van der Waals surface area contributed by atoms with Gasteiger partial charge in [0.05, 0.1) is 6.61 Å². The highest BCUT2D eigenvalue weighted by Gasteiger charge is 2.03. The maximum Gasteiger partial charge on any atom is 0.233 e. The standard InChI is InChI=1S/C16H26N2O2/c1-3-13(2)14-8-10-15(11-9-14)20-12-6-4-5-7-16(19)18-17/h8-11,13H,3-7,12,17H2,1-2H3,(H,18,19). The first kappa shape index (κ1) is 16.5. The molecule has 1 aromatic rings. The first-order chi connectivity index (χ1) is 9.67. The minimum Gasteiger partial charge on any atom is -0.494 e. The van der Waals surface area contributed by atoms with Gasteiger partial charge in [-0.1, -0.05) is 26.0 Å². The molecule has 0 heterocycles. The first-order valence-corrected chi connectivity index (χ1v) is 7.39. The fourth-order valence-corrected chi connectivity index (χ4v) is 1.95. The number of benzene rings is 1. The van der Waals surface area contributed by atoms with E-state index in [-0.39, 0.29) is 5.91 Å². The van der Waals surface area contributed by atoms with Crippen molar-refractivity contribution in [2.45, 2.75) is 51.9 Å². The second-order valence-electron chi connectivity index (χ2n) is 5.10. The number of rotatable bonds is 9. The van der Waals surface area contributed by atoms with E-state index in [9.17, 15) is 4.79 Å². The number of nitrogens with one attached hydrogen (secondary N) is 1. The fraction of sp³-hybridized carbons (Fsp3) is 0.562. The smallest absolute Gasteiger partial charge is 0.233 e. The van der Waals surface area contributed by atoms with E-state index in [1.807, 2.05) is 12.1 Å². The van der Waals surface area contributed by atoms with Crippen molar-refractivity contribution < 1.29 is 9.53 Å². The summed E-state index contributed by atoms with van der Waals surface area (Å²) in [4.78, 5) is 10.9. The predicted octanol–water partition coefficient (Wildman–Crippen LogP) is 3.13. The third-order valence-corrected chi connectivity index (χ3v) is 3.54. The highest BCUT2D eigenvalue weighted by atomic mass is 16.5. The van der Waals surface area contributed by atoms with E-state index in [1.54, 1.807) is 0 Å². The fourth-order valence-electron chi connectivity index (χ4n) is 1.95. The topological polar surface area (TPSA) is 64.3 Å². The number of nitrogens with two attached hydrogens (primary N) is 1. The first-order valence-electron chi connectivity index (χ1n) is 7.39. The monoisotopic (exact) mass is 278 g/mol. The molecule has 0 saturated carbocycles. The van der Waals surface area contributed by atoms with Gasteiger partial charge in [0.2, 0.25) is 5.91 Å². The molecule has 1 rings (SSSR count). The molecule has 0 radical (unpaired) electrons. The van der Waals surface area contributed by atoms with Crippen LogP contribution in [-0.2, 0) is 4.79 Å². The molecule has 0 fully saturated rings. The van der Waals surface area contributed by atoms with Crippen molar-refractivity contribution in [3.05, 3.63) is 29.8 Å². The number of hydrogen-bond acceptors (Lipinski definition) is 3. The molecule has 0 aromatic heterocycles. The molecular weight excluding hydrogens is 252 g/mol. The molecule has 1 atom stereocenters. The quantitative estimate of drug-likeness (QED) is 0.316. The molecule has 0 aliphatic carbocycles. The van der Waals surface area contributed by atoms with Gasteiger partial charge in [-0.3, -0.25) is 10.2 Å². The number of carbonyl (C=O) groups excluding carboxylic acids is 1. The average Bonchev–Trinajstić information content (AvgIpc) is 2.50. The summed E-state index contributed by atoms with van der Waals surface area (Å²) < 4.78 is 5.68. The molecule has 1 unspecified atom stereocenters. The summed E-state index contributed by atoms with van der Waals surface area (Å²) in [6, 6.07) is 8.33. The van der Waals surface area contributed by atoms with E-state index in [4.69, 9.17) is 10.6 Å². The summed E-state index contributed by atoms with van der Waals surface area (Å²) in [6.45, 7) is 5.11. The summed E-state index contributed by atoms with van der Waals surface area (Å²) >= 11 is 0. The Labute approximate surface area is 121 Å². The zero-order chi connectivity index (χ0) is 14.8. The average molecular weight is 278 g/mol. The molecule has 0 aliphatic rings. The molecule has 4 nitrogen and oxygen atoms in total. The molecule has 1 amide bonds. The SMILES string of the molecule is CCC(C)c1ccc(OCCCCCC(=O)NN)cc1. The zero-order valence-corrected chi connectivity index (χ0v) is 12.5. The van der Waals surface area contributed by atoms with Gasteiger partial charge in [0, 0.05) is 6.42 Å². The lowest BCUT2D eigenvalue weighted by molar-refractivity contribution is -0.121. The van der Waals surface area contributed by atoms with Gasteiger partial charge in [-0.2, -0.15) is 0 Å². The maximum atomic E-state index is 10.9. The Morgan fingerprint density at radius 3 is 2.55 bits per heavy atom. The van der Waals surface area contributed by atoms with E-state index in [2.05, 4.69) is 31.4 Å². The van der Waals surface area contributed by atoms with Crippen LogP contribution in [-0.4, -0.2) is 12.5 Å². The Morgan fingerprint density at radius 2 is 1.95 bits per heavy atom. The van der Waals surface area contributed by atoms with E-state index in [0.29, 0.717) is 18.9 Å². The second kappa shape index (κ2) is 9.37. The molecule has 112 valence electrons. The van der Waals surface area contributed by atoms with Crippen molar-refractivity contribution >= 4 is 5.91 Å². The van der Waals surface area contributed by atoms with Crippen LogP contribution in [0.25, 0.3) is 0 Å². The molecule has 1 aromatic carbocycles. The highest BCUT2D eigenvalue weighted by molar-refractivity contribution is 5.75. The number of unbranched alkanes of at least 4 members (excludes halogenated alkanes) is 2. The van der Waals surface area contributed by atoms with E-state index in [1.165, 1.54) is 5.56 Å². The molecule has 0 aliphatic heterocycles. The number of hydrogen-bond donors (Lipinski definition) is 2. The van der Waals surface area contributed by atoms with Crippen LogP contribution < -0.4 is 16.0 Å². The number of ether oxygens (including phenoxy) is 1. The van der Waals surface area contributed by atoms with Gasteiger partial charge >= 0.3 is 0 Å². The molecule has 0 saturated heterocycles. The van der Waals surface area contributed by atoms with Gasteiger partial charge in [-0.25, -0.2) is 5.84 Å². The number of carbonyl (C=O) groups is 1. The lowest BCUT2D eigenvalue weighted by Crippen LogP contribution is -2.29. The lowest BCUT2D eigenvalue weighted by Gasteiger charge is -2.10. The van der Waals surface area contributed by atoms with Crippen LogP contribution in [0.1, 0.15) is 57.4 Å². The predicted molar refractivity (Wildman–Crippen MR) is 81.4 cm³/mol. The van der Waals surface area contributed by atoms with Gasteiger partial charge in [0.15, 0.2) is 0 Å². The van der Waals surface area contributed by atoms with Crippen LogP contribution in [0, 0.1) is 0 Å². The summed E-state index contributed by atoms with van der Waals surface area (Å²) in [5.74, 6) is 6.41. The Balaban J connectivity index is 2.17. The van der Waals surface area contributed by atoms with Crippen molar-refractivity contribution in [3.63, 3.8) is 0 Å². The van der Waals surface area contributed by atoms with Crippen LogP contribution in [0.5, 0.6) is 5.75 Å². The van der Waals surface area contributed by atoms with Crippen molar-refractivity contribution in [1.29, 1.82) is 0 Å². The zero-order valence-electron chi connectivity index (χ0n) is 12.5. The van der Waals surface area contributed by atoms with Gasteiger partial charge in [0.1, 0.15) is 5.75 Å². The highest BCUT2D eigenvalue weighted by Crippen LogP contribution is 2.21. The van der Waals surface area contributed by atoms with E-state index < -0.39 is 0 Å². The van der Waals surface area contributed by atoms with Gasteiger partial charge < -0.3 is 4.74 Å². The van der Waals surface area contributed by atoms with Crippen LogP contribution in [0.3, 0.4) is 0 Å². The van der Waals surface area contributed by atoms with Crippen molar-refractivity contribution in [1.82, 2.24) is 5.43 Å². The van der Waals surface area contributed by atoms with Gasteiger partial charge in [-0.15, -0.1) is 0 Å². The van der Waals surface area contributed by atoms with Crippen LogP contribution in [0.15, 0.2) is 24.3 Å². The molecule has 0 bridgehead atoms. The Kier molecular flexibility index (Phi) is 7.73. The van der Waals surface area contributed by atoms with Gasteiger partial charge in [0.25, 0.3) is 0 Å². The third-order valence-electron chi connectivity index (χ3n) is 3.54. The Morgan fingerprint density at radius 1 is 1.25 bits per heavy atom. The molecular formula is C16H26N2O2. The molecule has 20 heavy (non-hydrogen) atoms. The molecule has 4 heteroatoms. The molecule has 0 spiro atoms. The lowest BCUT2D eigenvalue weighted by atomic mass is 9.99. The Hall–Kier alpha value is -1.55. The maximum absolute atomic E-state index is 10.9. The summed E-state index contributed by atoms with van der Waals surface area (Å²) in [5, 5.41) is 0. The number of amides is 1. The van der Waals surface area contributed by atoms with E-state index >= 15 is 0 Å². The normalized spacial score (nSPS) is 11.9. The van der Waals surface area contributed by atoms with Crippen molar-refractivity contribution in [3.8, 4) is 5.75 Å². The Bertz CT molecular complexity index is 390. The van der Waals surface area contributed by atoms with Crippen LogP contribution in [0.2, 0.25) is 0 Å². The summed E-state index contributed by atoms with van der Waals surface area (Å²) in [7, 11) is 0. The van der Waals surface area contributed by atoms with Crippen molar-refractivity contribution in [2.75, 3.05) is 6.61 Å². The minimum absolute atomic E-state index is 0.105. The summed E-state index contributed by atoms with van der Waals surface area (Å²) in [5.41, 5.74) is 3.48. The minimum atomic E-state index is -0.105. The second-order valence-corrected chi connectivity index (χ2v) is 5.10. The third kappa shape index (κ3) is 6.06. The van der Waals surface area contributed by atoms with Crippen molar-refractivity contribution in [2.24, 2.45) is 5.84 Å². The van der Waals surface area contributed by atoms with Gasteiger partial charge in [-0.05, 0) is 49.3 Å².